The van der Waals surface area contributed by atoms with E-state index in [1.54, 1.807) is 6.07 Å². The zero-order chi connectivity index (χ0) is 15.2. The van der Waals surface area contributed by atoms with Crippen LogP contribution in [-0.2, 0) is 4.79 Å². The summed E-state index contributed by atoms with van der Waals surface area (Å²) in [5, 5.41) is 3.22. The molecule has 1 saturated heterocycles. The minimum Gasteiger partial charge on any atom is -0.483 e. The van der Waals surface area contributed by atoms with E-state index in [0.717, 1.165) is 34.9 Å². The molecule has 0 radical (unpaired) electrons. The molecule has 0 aliphatic carbocycles. The Balaban J connectivity index is 1.80. The van der Waals surface area contributed by atoms with E-state index in [-0.39, 0.29) is 12.5 Å². The van der Waals surface area contributed by atoms with Gasteiger partial charge in [-0.15, -0.1) is 0 Å². The van der Waals surface area contributed by atoms with Gasteiger partial charge in [-0.3, -0.25) is 4.79 Å². The largest absolute Gasteiger partial charge is 0.483 e. The molecule has 0 spiro atoms. The number of ether oxygens (including phenoxy) is 1. The summed E-state index contributed by atoms with van der Waals surface area (Å²) in [5.74, 6) is 0.387. The highest BCUT2D eigenvalue weighted by Gasteiger charge is 2.15. The Hall–Kier alpha value is -0.660. The van der Waals surface area contributed by atoms with Crippen molar-refractivity contribution in [1.29, 1.82) is 0 Å². The average Bonchev–Trinajstić information content (AvgIpc) is 2.47. The number of hydrogen-bond donors (Lipinski definition) is 1. The van der Waals surface area contributed by atoms with E-state index in [1.807, 2.05) is 17.0 Å². The maximum Gasteiger partial charge on any atom is 0.264 e. The van der Waals surface area contributed by atoms with Crippen LogP contribution in [0.5, 0.6) is 5.75 Å². The number of thiocarbonyl (C=S) groups is 1. The van der Waals surface area contributed by atoms with E-state index in [2.05, 4.69) is 37.2 Å². The van der Waals surface area contributed by atoms with Crippen molar-refractivity contribution >= 4 is 55.1 Å². The molecule has 1 aromatic rings. The van der Waals surface area contributed by atoms with Gasteiger partial charge in [-0.25, -0.2) is 0 Å². The Morgan fingerprint density at radius 3 is 2.67 bits per heavy atom. The fraction of sp³-hybridized carbons (Fsp3) is 0.429. The van der Waals surface area contributed by atoms with Crippen molar-refractivity contribution in [2.24, 2.45) is 0 Å². The lowest BCUT2D eigenvalue weighted by molar-refractivity contribution is -0.121. The van der Waals surface area contributed by atoms with Crippen LogP contribution in [0.3, 0.4) is 0 Å². The molecule has 21 heavy (non-hydrogen) atoms. The lowest BCUT2D eigenvalue weighted by atomic mass is 10.1. The normalized spacial score (nSPS) is 14.7. The van der Waals surface area contributed by atoms with Gasteiger partial charge in [0, 0.05) is 17.6 Å². The van der Waals surface area contributed by atoms with Gasteiger partial charge < -0.3 is 15.0 Å². The van der Waals surface area contributed by atoms with Crippen molar-refractivity contribution in [3.8, 4) is 5.75 Å². The predicted molar refractivity (Wildman–Crippen MR) is 93.5 cm³/mol. The van der Waals surface area contributed by atoms with E-state index in [4.69, 9.17) is 17.0 Å². The molecule has 0 bridgehead atoms. The molecule has 0 atom stereocenters. The molecule has 1 aliphatic rings. The SMILES string of the molecule is O=C(COc1ccc(Br)cc1Br)NC(=S)N1CCCCC1. The number of hydrogen-bond acceptors (Lipinski definition) is 3. The third-order valence-electron chi connectivity index (χ3n) is 3.14. The smallest absolute Gasteiger partial charge is 0.264 e. The zero-order valence-electron chi connectivity index (χ0n) is 11.4. The first-order chi connectivity index (χ1) is 10.1. The molecule has 1 aliphatic heterocycles. The lowest BCUT2D eigenvalue weighted by Crippen LogP contribution is -2.46. The highest BCUT2D eigenvalue weighted by molar-refractivity contribution is 9.11. The molecule has 1 heterocycles. The van der Waals surface area contributed by atoms with Gasteiger partial charge in [-0.1, -0.05) is 15.9 Å². The lowest BCUT2D eigenvalue weighted by Gasteiger charge is -2.28. The molecule has 7 heteroatoms. The maximum atomic E-state index is 11.9. The number of nitrogens with one attached hydrogen (secondary N) is 1. The summed E-state index contributed by atoms with van der Waals surface area (Å²) in [6, 6.07) is 5.52. The van der Waals surface area contributed by atoms with Crippen molar-refractivity contribution in [2.75, 3.05) is 19.7 Å². The summed E-state index contributed by atoms with van der Waals surface area (Å²) in [6.07, 6.45) is 3.48. The van der Waals surface area contributed by atoms with Crippen molar-refractivity contribution in [3.63, 3.8) is 0 Å². The molecule has 1 N–H and O–H groups in total. The first kappa shape index (κ1) is 16.7. The summed E-state index contributed by atoms with van der Waals surface area (Å²) in [6.45, 7) is 1.77. The second kappa shape index (κ2) is 8.10. The Morgan fingerprint density at radius 2 is 2.00 bits per heavy atom. The van der Waals surface area contributed by atoms with Gasteiger partial charge in [0.1, 0.15) is 5.75 Å². The molecule has 2 rings (SSSR count). The van der Waals surface area contributed by atoms with Crippen LogP contribution in [0.4, 0.5) is 0 Å². The van der Waals surface area contributed by atoms with Crippen molar-refractivity contribution in [3.05, 3.63) is 27.1 Å². The number of piperidine rings is 1. The van der Waals surface area contributed by atoms with Gasteiger partial charge in [-0.2, -0.15) is 0 Å². The first-order valence-corrected chi connectivity index (χ1v) is 8.72. The van der Waals surface area contributed by atoms with Crippen molar-refractivity contribution in [1.82, 2.24) is 10.2 Å². The van der Waals surface area contributed by atoms with Gasteiger partial charge in [0.15, 0.2) is 11.7 Å². The molecule has 1 aromatic carbocycles. The number of halogens is 2. The van der Waals surface area contributed by atoms with Gasteiger partial charge in [0.2, 0.25) is 0 Å². The van der Waals surface area contributed by atoms with Crippen molar-refractivity contribution < 1.29 is 9.53 Å². The van der Waals surface area contributed by atoms with Crippen LogP contribution < -0.4 is 10.1 Å². The number of carbonyl (C=O) groups excluding carboxylic acids is 1. The quantitative estimate of drug-likeness (QED) is 0.738. The topological polar surface area (TPSA) is 41.6 Å². The van der Waals surface area contributed by atoms with Gasteiger partial charge >= 0.3 is 0 Å². The number of nitrogens with zero attached hydrogens (tertiary/aromatic N) is 1. The maximum absolute atomic E-state index is 11.9. The van der Waals surface area contributed by atoms with Gasteiger partial charge in [-0.05, 0) is 65.6 Å². The Kier molecular flexibility index (Phi) is 6.44. The number of benzene rings is 1. The van der Waals surface area contributed by atoms with E-state index in [0.29, 0.717) is 10.9 Å². The summed E-state index contributed by atoms with van der Waals surface area (Å²) in [4.78, 5) is 13.9. The molecular formula is C14H16Br2N2O2S. The third-order valence-corrected chi connectivity index (χ3v) is 4.62. The summed E-state index contributed by atoms with van der Waals surface area (Å²) < 4.78 is 7.22. The molecular weight excluding hydrogens is 420 g/mol. The van der Waals surface area contributed by atoms with Crippen LogP contribution in [0.25, 0.3) is 0 Å². The van der Waals surface area contributed by atoms with Crippen LogP contribution in [0, 0.1) is 0 Å². The van der Waals surface area contributed by atoms with Crippen LogP contribution in [0.2, 0.25) is 0 Å². The van der Waals surface area contributed by atoms with E-state index < -0.39 is 0 Å². The van der Waals surface area contributed by atoms with Crippen LogP contribution in [0.15, 0.2) is 27.1 Å². The highest BCUT2D eigenvalue weighted by Crippen LogP contribution is 2.28. The minimum absolute atomic E-state index is 0.0613. The van der Waals surface area contributed by atoms with E-state index in [1.165, 1.54) is 6.42 Å². The monoisotopic (exact) mass is 434 g/mol. The Labute approximate surface area is 146 Å². The summed E-state index contributed by atoms with van der Waals surface area (Å²) in [7, 11) is 0. The molecule has 4 nitrogen and oxygen atoms in total. The van der Waals surface area contributed by atoms with Crippen LogP contribution >= 0.6 is 44.1 Å². The molecule has 114 valence electrons. The van der Waals surface area contributed by atoms with Gasteiger partial charge in [0.25, 0.3) is 5.91 Å². The molecule has 0 unspecified atom stereocenters. The number of amides is 1. The molecule has 0 aromatic heterocycles. The average molecular weight is 436 g/mol. The Bertz CT molecular complexity index is 534. The molecule has 0 saturated carbocycles. The molecule has 1 fully saturated rings. The van der Waals surface area contributed by atoms with Crippen LogP contribution in [0.1, 0.15) is 19.3 Å². The minimum atomic E-state index is -0.236. The van der Waals surface area contributed by atoms with E-state index in [9.17, 15) is 4.79 Å². The second-order valence-electron chi connectivity index (χ2n) is 4.76. The highest BCUT2D eigenvalue weighted by atomic mass is 79.9. The number of rotatable bonds is 3. The molecule has 1 amide bonds. The second-order valence-corrected chi connectivity index (χ2v) is 6.92. The Morgan fingerprint density at radius 1 is 1.29 bits per heavy atom. The van der Waals surface area contributed by atoms with Crippen LogP contribution in [-0.4, -0.2) is 35.6 Å². The summed E-state index contributed by atoms with van der Waals surface area (Å²) in [5.41, 5.74) is 0. The fourth-order valence-corrected chi connectivity index (χ4v) is 3.52. The zero-order valence-corrected chi connectivity index (χ0v) is 15.4. The van der Waals surface area contributed by atoms with E-state index >= 15 is 0 Å². The van der Waals surface area contributed by atoms with Crippen molar-refractivity contribution in [2.45, 2.75) is 19.3 Å². The standard InChI is InChI=1S/C14H16Br2N2O2S/c15-10-4-5-12(11(16)8-10)20-9-13(19)17-14(21)18-6-2-1-3-7-18/h4-5,8H,1-3,6-7,9H2,(H,17,19,21). The van der Waals surface area contributed by atoms with Gasteiger partial charge in [0.05, 0.1) is 4.47 Å². The first-order valence-electron chi connectivity index (χ1n) is 6.73. The third kappa shape index (κ3) is 5.23. The predicted octanol–water partition coefficient (Wildman–Crippen LogP) is 3.48. The fourth-order valence-electron chi connectivity index (χ4n) is 2.07. The summed E-state index contributed by atoms with van der Waals surface area (Å²) >= 11 is 12.0. The number of likely N-dealkylation sites (tertiary alicyclic amines) is 1. The number of carbonyl (C=O) groups is 1.